The van der Waals surface area contributed by atoms with Crippen molar-refractivity contribution in [3.05, 3.63) is 67.4 Å². The second kappa shape index (κ2) is 4.56. The van der Waals surface area contributed by atoms with Crippen molar-refractivity contribution in [2.75, 3.05) is 0 Å². The van der Waals surface area contributed by atoms with E-state index in [0.717, 1.165) is 5.56 Å². The van der Waals surface area contributed by atoms with Crippen LogP contribution in [0.4, 0.5) is 0 Å². The molecule has 0 aliphatic carbocycles. The fourth-order valence-electron chi connectivity index (χ4n) is 1.55. The Hall–Kier alpha value is -1.89. The van der Waals surface area contributed by atoms with Crippen LogP contribution in [0.1, 0.15) is 5.56 Å². The molecule has 1 nitrogen and oxygen atoms in total. The molecular weight excluding hydrogens is 182 g/mol. The van der Waals surface area contributed by atoms with Gasteiger partial charge in [-0.25, -0.2) is 0 Å². The van der Waals surface area contributed by atoms with Crippen LogP contribution >= 0.6 is 0 Å². The number of nitrogens with zero attached hydrogens (tertiary/aromatic N) is 1. The Morgan fingerprint density at radius 3 is 2.67 bits per heavy atom. The summed E-state index contributed by atoms with van der Waals surface area (Å²) in [7, 11) is 0. The molecule has 1 aromatic heterocycles. The minimum absolute atomic E-state index is 1.13. The molecule has 2 aromatic rings. The van der Waals surface area contributed by atoms with E-state index < -0.39 is 0 Å². The van der Waals surface area contributed by atoms with E-state index in [9.17, 15) is 0 Å². The molecule has 0 aliphatic heterocycles. The van der Waals surface area contributed by atoms with Crippen molar-refractivity contribution >= 4 is 6.08 Å². The van der Waals surface area contributed by atoms with Gasteiger partial charge in [0.2, 0.25) is 0 Å². The molecule has 0 bridgehead atoms. The lowest BCUT2D eigenvalue weighted by Crippen LogP contribution is -1.83. The molecular formula is C14H12N. The fourth-order valence-corrected chi connectivity index (χ4v) is 1.55. The Morgan fingerprint density at radius 1 is 1.07 bits per heavy atom. The summed E-state index contributed by atoms with van der Waals surface area (Å²) in [5.41, 5.74) is 3.48. The number of rotatable bonds is 2. The Kier molecular flexibility index (Phi) is 2.93. The van der Waals surface area contributed by atoms with Crippen LogP contribution in [0.15, 0.2) is 54.9 Å². The van der Waals surface area contributed by atoms with Crippen LogP contribution in [0.25, 0.3) is 17.2 Å². The lowest BCUT2D eigenvalue weighted by Gasteiger charge is -2.04. The van der Waals surface area contributed by atoms with Crippen LogP contribution in [0.5, 0.6) is 0 Å². The normalized spacial score (nSPS) is 10.7. The highest BCUT2D eigenvalue weighted by Gasteiger charge is 2.00. The van der Waals surface area contributed by atoms with Crippen LogP contribution < -0.4 is 0 Å². The van der Waals surface area contributed by atoms with E-state index in [1.807, 2.05) is 30.5 Å². The van der Waals surface area contributed by atoms with Crippen molar-refractivity contribution in [2.45, 2.75) is 0 Å². The molecule has 0 N–H and O–H groups in total. The summed E-state index contributed by atoms with van der Waals surface area (Å²) in [6, 6.07) is 12.2. The van der Waals surface area contributed by atoms with Crippen molar-refractivity contribution in [1.29, 1.82) is 0 Å². The third kappa shape index (κ3) is 2.13. The van der Waals surface area contributed by atoms with Crippen molar-refractivity contribution in [1.82, 2.24) is 4.98 Å². The lowest BCUT2D eigenvalue weighted by molar-refractivity contribution is 1.33. The minimum atomic E-state index is 1.13. The number of aromatic nitrogens is 1. The van der Waals surface area contributed by atoms with Crippen LogP contribution in [0, 0.1) is 6.92 Å². The van der Waals surface area contributed by atoms with E-state index in [1.54, 1.807) is 12.3 Å². The molecule has 0 unspecified atom stereocenters. The average molecular weight is 194 g/mol. The number of benzene rings is 1. The summed E-state index contributed by atoms with van der Waals surface area (Å²) in [5.74, 6) is 0. The number of allylic oxidation sites excluding steroid dienone is 1. The van der Waals surface area contributed by atoms with Gasteiger partial charge in [0.05, 0.1) is 0 Å². The van der Waals surface area contributed by atoms with Crippen LogP contribution in [0.3, 0.4) is 0 Å². The second-order valence-corrected chi connectivity index (χ2v) is 3.23. The summed E-state index contributed by atoms with van der Waals surface area (Å²) in [4.78, 5) is 4.12. The topological polar surface area (TPSA) is 12.9 Å². The molecule has 0 saturated heterocycles. The van der Waals surface area contributed by atoms with Gasteiger partial charge in [-0.15, -0.1) is 0 Å². The highest BCUT2D eigenvalue weighted by atomic mass is 14.6. The fraction of sp³-hybridized carbons (Fsp3) is 0. The standard InChI is InChI=1S/C14H12N/c1-2-6-12-7-3-4-9-14(12)13-8-5-10-15-11-13/h2-11H,1H2/b6-2+. The van der Waals surface area contributed by atoms with Crippen molar-refractivity contribution in [3.63, 3.8) is 0 Å². The Labute approximate surface area is 90.1 Å². The summed E-state index contributed by atoms with van der Waals surface area (Å²) in [5, 5.41) is 0. The van der Waals surface area contributed by atoms with Gasteiger partial charge in [-0.2, -0.15) is 0 Å². The molecule has 0 amide bonds. The van der Waals surface area contributed by atoms with Gasteiger partial charge in [0, 0.05) is 18.0 Å². The summed E-state index contributed by atoms with van der Waals surface area (Å²) in [6.07, 6.45) is 7.45. The van der Waals surface area contributed by atoms with Gasteiger partial charge in [-0.1, -0.05) is 42.5 Å². The molecule has 15 heavy (non-hydrogen) atoms. The SMILES string of the molecule is [CH2]/C=C/c1ccccc1-c1cccnc1. The first-order valence-electron chi connectivity index (χ1n) is 4.87. The summed E-state index contributed by atoms with van der Waals surface area (Å²) < 4.78 is 0. The van der Waals surface area contributed by atoms with Crippen LogP contribution in [-0.2, 0) is 0 Å². The first kappa shape index (κ1) is 9.66. The molecule has 1 heterocycles. The lowest BCUT2D eigenvalue weighted by atomic mass is 10.0. The smallest absolute Gasteiger partial charge is 0.0346 e. The van der Waals surface area contributed by atoms with Crippen LogP contribution in [0.2, 0.25) is 0 Å². The number of hydrogen-bond donors (Lipinski definition) is 0. The third-order valence-corrected chi connectivity index (χ3v) is 2.23. The zero-order valence-corrected chi connectivity index (χ0v) is 8.43. The molecule has 0 saturated carbocycles. The highest BCUT2D eigenvalue weighted by Crippen LogP contribution is 2.23. The summed E-state index contributed by atoms with van der Waals surface area (Å²) >= 11 is 0. The van der Waals surface area contributed by atoms with E-state index in [0.29, 0.717) is 0 Å². The van der Waals surface area contributed by atoms with Gasteiger partial charge >= 0.3 is 0 Å². The van der Waals surface area contributed by atoms with Gasteiger partial charge in [0.1, 0.15) is 0 Å². The monoisotopic (exact) mass is 194 g/mol. The predicted octanol–water partition coefficient (Wildman–Crippen LogP) is 3.60. The van der Waals surface area contributed by atoms with Crippen molar-refractivity contribution in [3.8, 4) is 11.1 Å². The molecule has 0 atom stereocenters. The third-order valence-electron chi connectivity index (χ3n) is 2.23. The quantitative estimate of drug-likeness (QED) is 0.711. The zero-order valence-electron chi connectivity index (χ0n) is 8.43. The largest absolute Gasteiger partial charge is 0.264 e. The van der Waals surface area contributed by atoms with Gasteiger partial charge in [0.15, 0.2) is 0 Å². The van der Waals surface area contributed by atoms with E-state index in [4.69, 9.17) is 0 Å². The zero-order chi connectivity index (χ0) is 10.5. The first-order valence-corrected chi connectivity index (χ1v) is 4.87. The molecule has 0 spiro atoms. The minimum Gasteiger partial charge on any atom is -0.264 e. The van der Waals surface area contributed by atoms with E-state index in [2.05, 4.69) is 30.1 Å². The van der Waals surface area contributed by atoms with Gasteiger partial charge in [-0.05, 0) is 24.1 Å². The maximum atomic E-state index is 4.12. The predicted molar refractivity (Wildman–Crippen MR) is 64.1 cm³/mol. The number of hydrogen-bond acceptors (Lipinski definition) is 1. The van der Waals surface area contributed by atoms with Crippen LogP contribution in [-0.4, -0.2) is 4.98 Å². The molecule has 2 rings (SSSR count). The molecule has 0 aliphatic rings. The highest BCUT2D eigenvalue weighted by molar-refractivity contribution is 5.74. The van der Waals surface area contributed by atoms with Crippen molar-refractivity contribution in [2.24, 2.45) is 0 Å². The van der Waals surface area contributed by atoms with Gasteiger partial charge in [-0.3, -0.25) is 4.98 Å². The number of pyridine rings is 1. The van der Waals surface area contributed by atoms with E-state index >= 15 is 0 Å². The molecule has 73 valence electrons. The molecule has 0 fully saturated rings. The summed E-state index contributed by atoms with van der Waals surface area (Å²) in [6.45, 7) is 3.72. The Bertz CT molecular complexity index is 458. The Morgan fingerprint density at radius 2 is 1.93 bits per heavy atom. The Balaban J connectivity index is 2.53. The van der Waals surface area contributed by atoms with Gasteiger partial charge < -0.3 is 0 Å². The van der Waals surface area contributed by atoms with Gasteiger partial charge in [0.25, 0.3) is 0 Å². The second-order valence-electron chi connectivity index (χ2n) is 3.23. The molecule has 1 aromatic carbocycles. The van der Waals surface area contributed by atoms with Crippen molar-refractivity contribution < 1.29 is 0 Å². The average Bonchev–Trinajstić information content (AvgIpc) is 2.31. The van der Waals surface area contributed by atoms with E-state index in [-0.39, 0.29) is 0 Å². The maximum absolute atomic E-state index is 4.12. The van der Waals surface area contributed by atoms with E-state index in [1.165, 1.54) is 11.1 Å². The molecule has 1 radical (unpaired) electrons. The maximum Gasteiger partial charge on any atom is 0.0346 e. The first-order chi connectivity index (χ1) is 7.42. The molecule has 1 heteroatoms.